The highest BCUT2D eigenvalue weighted by atomic mass is 32.2. The van der Waals surface area contributed by atoms with Crippen LogP contribution in [0.25, 0.3) is 0 Å². The van der Waals surface area contributed by atoms with E-state index in [-0.39, 0.29) is 23.7 Å². The number of aromatic nitrogens is 2. The molecule has 19 heavy (non-hydrogen) atoms. The van der Waals surface area contributed by atoms with Gasteiger partial charge in [0.05, 0.1) is 18.9 Å². The normalized spacial score (nSPS) is 13.5. The topological polar surface area (TPSA) is 113 Å². The molecule has 0 aliphatic heterocycles. The molecule has 2 N–H and O–H groups in total. The number of ether oxygens (including phenoxy) is 1. The number of nitrogens with one attached hydrogen (secondary N) is 1. The lowest BCUT2D eigenvalue weighted by molar-refractivity contribution is 0.0521. The average molecular weight is 291 g/mol. The van der Waals surface area contributed by atoms with E-state index in [0.29, 0.717) is 0 Å². The summed E-state index contributed by atoms with van der Waals surface area (Å²) >= 11 is 0. The molecule has 0 saturated heterocycles. The average Bonchev–Trinajstić information content (AvgIpc) is 2.77. The summed E-state index contributed by atoms with van der Waals surface area (Å²) in [6, 6.07) is 0. The molecule has 8 nitrogen and oxygen atoms in total. The molecule has 108 valence electrons. The van der Waals surface area contributed by atoms with Crippen LogP contribution in [0.3, 0.4) is 0 Å². The molecule has 1 atom stereocenters. The molecule has 0 saturated carbocycles. The minimum atomic E-state index is -3.93. The maximum Gasteiger partial charge on any atom is 0.342 e. The Labute approximate surface area is 111 Å². The Morgan fingerprint density at radius 1 is 1.63 bits per heavy atom. The lowest BCUT2D eigenvalue weighted by atomic mass is 10.4. The largest absolute Gasteiger partial charge is 0.462 e. The third-order valence-electron chi connectivity index (χ3n) is 2.29. The summed E-state index contributed by atoms with van der Waals surface area (Å²) in [6.07, 6.45) is 0.273. The van der Waals surface area contributed by atoms with Gasteiger partial charge in [-0.05, 0) is 13.8 Å². The Hall–Kier alpha value is -1.45. The molecule has 0 aromatic carbocycles. The summed E-state index contributed by atoms with van der Waals surface area (Å²) in [5, 5.41) is 14.7. The van der Waals surface area contributed by atoms with Crippen molar-refractivity contribution in [2.45, 2.75) is 25.0 Å². The number of carbonyl (C=O) groups is 1. The van der Waals surface area contributed by atoms with Gasteiger partial charge in [0.1, 0.15) is 5.56 Å². The van der Waals surface area contributed by atoms with Gasteiger partial charge in [-0.15, -0.1) is 0 Å². The van der Waals surface area contributed by atoms with Gasteiger partial charge in [-0.3, -0.25) is 5.10 Å². The van der Waals surface area contributed by atoms with Crippen molar-refractivity contribution in [3.05, 3.63) is 11.8 Å². The minimum Gasteiger partial charge on any atom is -0.462 e. The Morgan fingerprint density at radius 2 is 2.26 bits per heavy atom. The first kappa shape index (κ1) is 15.6. The van der Waals surface area contributed by atoms with Crippen LogP contribution in [0.1, 0.15) is 24.2 Å². The predicted octanol–water partition coefficient (Wildman–Crippen LogP) is -0.412. The number of aliphatic hydroxyl groups is 1. The van der Waals surface area contributed by atoms with Crippen molar-refractivity contribution in [3.63, 3.8) is 0 Å². The highest BCUT2D eigenvalue weighted by Gasteiger charge is 2.30. The standard InChI is InChI=1S/C10H17N3O5S/c1-4-18-10(15)8-5-11-12-9(8)19(16,17)13(3)6-7(2)14/h5,7,14H,4,6H2,1-3H3,(H,11,12). The van der Waals surface area contributed by atoms with E-state index >= 15 is 0 Å². The van der Waals surface area contributed by atoms with Gasteiger partial charge < -0.3 is 9.84 Å². The van der Waals surface area contributed by atoms with Gasteiger partial charge in [0.15, 0.2) is 5.03 Å². The molecule has 0 spiro atoms. The van der Waals surface area contributed by atoms with Crippen molar-refractivity contribution in [1.82, 2.24) is 14.5 Å². The number of H-pyrrole nitrogens is 1. The third kappa shape index (κ3) is 3.52. The van der Waals surface area contributed by atoms with Gasteiger partial charge in [0, 0.05) is 13.6 Å². The van der Waals surface area contributed by atoms with E-state index in [1.165, 1.54) is 14.0 Å². The van der Waals surface area contributed by atoms with Gasteiger partial charge in [0.25, 0.3) is 10.0 Å². The second-order valence-corrected chi connectivity index (χ2v) is 5.95. The molecule has 1 aromatic rings. The van der Waals surface area contributed by atoms with E-state index in [1.54, 1.807) is 6.92 Å². The molecule has 0 aliphatic carbocycles. The highest BCUT2D eigenvalue weighted by Crippen LogP contribution is 2.17. The van der Waals surface area contributed by atoms with Crippen molar-refractivity contribution in [1.29, 1.82) is 0 Å². The van der Waals surface area contributed by atoms with Crippen LogP contribution >= 0.6 is 0 Å². The first-order valence-electron chi connectivity index (χ1n) is 5.65. The monoisotopic (exact) mass is 291 g/mol. The molecule has 0 bridgehead atoms. The van der Waals surface area contributed by atoms with Gasteiger partial charge in [-0.2, -0.15) is 9.40 Å². The number of hydrogen-bond acceptors (Lipinski definition) is 6. The Morgan fingerprint density at radius 3 is 2.79 bits per heavy atom. The maximum atomic E-state index is 12.2. The fourth-order valence-corrected chi connectivity index (χ4v) is 2.76. The molecule has 0 amide bonds. The first-order chi connectivity index (χ1) is 8.80. The smallest absolute Gasteiger partial charge is 0.342 e. The van der Waals surface area contributed by atoms with E-state index in [9.17, 15) is 18.3 Å². The zero-order valence-corrected chi connectivity index (χ0v) is 11.8. The number of esters is 1. The van der Waals surface area contributed by atoms with Crippen molar-refractivity contribution in [2.75, 3.05) is 20.2 Å². The molecule has 1 rings (SSSR count). The third-order valence-corrected chi connectivity index (χ3v) is 4.09. The van der Waals surface area contributed by atoms with Gasteiger partial charge in [-0.25, -0.2) is 13.2 Å². The van der Waals surface area contributed by atoms with Crippen molar-refractivity contribution in [3.8, 4) is 0 Å². The molecule has 0 fully saturated rings. The van der Waals surface area contributed by atoms with E-state index in [4.69, 9.17) is 4.74 Å². The summed E-state index contributed by atoms with van der Waals surface area (Å²) in [5.74, 6) is -0.764. The van der Waals surface area contributed by atoms with Gasteiger partial charge >= 0.3 is 5.97 Å². The van der Waals surface area contributed by atoms with Gasteiger partial charge in [-0.1, -0.05) is 0 Å². The summed E-state index contributed by atoms with van der Waals surface area (Å²) in [6.45, 7) is 3.12. The minimum absolute atomic E-state index is 0.0936. The molecule has 1 unspecified atom stereocenters. The van der Waals surface area contributed by atoms with Crippen LogP contribution < -0.4 is 0 Å². The van der Waals surface area contributed by atoms with Crippen LogP contribution in [0, 0.1) is 0 Å². The predicted molar refractivity (Wildman–Crippen MR) is 66.0 cm³/mol. The van der Waals surface area contributed by atoms with E-state index in [0.717, 1.165) is 10.5 Å². The fourth-order valence-electron chi connectivity index (χ4n) is 1.45. The summed E-state index contributed by atoms with van der Waals surface area (Å²) in [7, 11) is -2.63. The quantitative estimate of drug-likeness (QED) is 0.689. The lowest BCUT2D eigenvalue weighted by Crippen LogP contribution is -2.34. The number of carbonyl (C=O) groups excluding carboxylic acids is 1. The Bertz CT molecular complexity index is 537. The van der Waals surface area contributed by atoms with E-state index < -0.39 is 22.1 Å². The SMILES string of the molecule is CCOC(=O)c1cn[nH]c1S(=O)(=O)N(C)CC(C)O. The van der Waals surface area contributed by atoms with Gasteiger partial charge in [0.2, 0.25) is 0 Å². The molecule has 0 radical (unpaired) electrons. The fraction of sp³-hybridized carbons (Fsp3) is 0.600. The summed E-state index contributed by atoms with van der Waals surface area (Å²) in [5.41, 5.74) is -0.153. The van der Waals surface area contributed by atoms with Crippen LogP contribution in [-0.2, 0) is 14.8 Å². The van der Waals surface area contributed by atoms with Crippen LogP contribution in [0.5, 0.6) is 0 Å². The molecule has 0 aliphatic rings. The zero-order chi connectivity index (χ0) is 14.6. The zero-order valence-electron chi connectivity index (χ0n) is 11.0. The number of aliphatic hydroxyl groups excluding tert-OH is 1. The number of aromatic amines is 1. The molecular weight excluding hydrogens is 274 g/mol. The molecule has 1 aromatic heterocycles. The maximum absolute atomic E-state index is 12.2. The Kier molecular flexibility index (Phi) is 5.04. The summed E-state index contributed by atoms with van der Waals surface area (Å²) in [4.78, 5) is 11.6. The van der Waals surface area contributed by atoms with Crippen molar-refractivity contribution >= 4 is 16.0 Å². The second kappa shape index (κ2) is 6.13. The van der Waals surface area contributed by atoms with Crippen LogP contribution in [-0.4, -0.2) is 60.3 Å². The van der Waals surface area contributed by atoms with E-state index in [1.807, 2.05) is 0 Å². The van der Waals surface area contributed by atoms with E-state index in [2.05, 4.69) is 10.2 Å². The number of likely N-dealkylation sites (N-methyl/N-ethyl adjacent to an activating group) is 1. The lowest BCUT2D eigenvalue weighted by Gasteiger charge is -2.17. The van der Waals surface area contributed by atoms with Crippen LogP contribution in [0.4, 0.5) is 0 Å². The molecule has 1 heterocycles. The Balaban J connectivity index is 3.09. The number of hydrogen-bond donors (Lipinski definition) is 2. The van der Waals surface area contributed by atoms with Crippen molar-refractivity contribution < 1.29 is 23.1 Å². The number of nitrogens with zero attached hydrogens (tertiary/aromatic N) is 2. The second-order valence-electron chi connectivity index (χ2n) is 3.97. The first-order valence-corrected chi connectivity index (χ1v) is 7.09. The van der Waals surface area contributed by atoms with Crippen molar-refractivity contribution in [2.24, 2.45) is 0 Å². The summed E-state index contributed by atoms with van der Waals surface area (Å²) < 4.78 is 30.1. The molecule has 9 heteroatoms. The number of rotatable bonds is 6. The molecular formula is C10H17N3O5S. The van der Waals surface area contributed by atoms with Crippen LogP contribution in [0.2, 0.25) is 0 Å². The highest BCUT2D eigenvalue weighted by molar-refractivity contribution is 7.89. The van der Waals surface area contributed by atoms with Crippen LogP contribution in [0.15, 0.2) is 11.2 Å². The number of sulfonamides is 1.